The molecule has 1 fully saturated rings. The van der Waals surface area contributed by atoms with Crippen LogP contribution in [0.3, 0.4) is 0 Å². The van der Waals surface area contributed by atoms with Crippen LogP contribution in [0, 0.1) is 12.8 Å². The summed E-state index contributed by atoms with van der Waals surface area (Å²) >= 11 is 1.73. The molecular formula is C14H24N2OS. The molecule has 1 aliphatic rings. The minimum absolute atomic E-state index is 0.211. The largest absolute Gasteiger partial charge is 0.392 e. The third kappa shape index (κ3) is 4.04. The van der Waals surface area contributed by atoms with Gasteiger partial charge in [-0.05, 0) is 26.2 Å². The van der Waals surface area contributed by atoms with Crippen LogP contribution >= 0.6 is 11.3 Å². The minimum Gasteiger partial charge on any atom is -0.392 e. The van der Waals surface area contributed by atoms with Crippen molar-refractivity contribution in [3.63, 3.8) is 0 Å². The number of aryl methyl sites for hydroxylation is 1. The molecule has 0 saturated heterocycles. The van der Waals surface area contributed by atoms with Gasteiger partial charge in [0.1, 0.15) is 5.01 Å². The molecule has 0 aliphatic heterocycles. The van der Waals surface area contributed by atoms with Gasteiger partial charge in [0, 0.05) is 17.6 Å². The van der Waals surface area contributed by atoms with Crippen LogP contribution in [-0.4, -0.2) is 22.7 Å². The molecule has 2 atom stereocenters. The maximum atomic E-state index is 10.0. The first kappa shape index (κ1) is 14.0. The van der Waals surface area contributed by atoms with E-state index in [-0.39, 0.29) is 12.1 Å². The zero-order valence-corrected chi connectivity index (χ0v) is 12.2. The average molecular weight is 268 g/mol. The fraction of sp³-hybridized carbons (Fsp3) is 0.786. The smallest absolute Gasteiger partial charge is 0.109 e. The monoisotopic (exact) mass is 268 g/mol. The maximum absolute atomic E-state index is 10.0. The number of nitrogens with one attached hydrogen (secondary N) is 1. The van der Waals surface area contributed by atoms with Crippen LogP contribution in [-0.2, 0) is 0 Å². The molecule has 3 nitrogen and oxygen atoms in total. The van der Waals surface area contributed by atoms with Crippen LogP contribution in [0.2, 0.25) is 0 Å². The van der Waals surface area contributed by atoms with Gasteiger partial charge >= 0.3 is 0 Å². The second-order valence-corrected chi connectivity index (χ2v) is 6.75. The van der Waals surface area contributed by atoms with Crippen LogP contribution in [0.25, 0.3) is 0 Å². The second-order valence-electron chi connectivity index (χ2n) is 5.48. The summed E-state index contributed by atoms with van der Waals surface area (Å²) in [6, 6.07) is 0.238. The lowest BCUT2D eigenvalue weighted by atomic mass is 10.00. The summed E-state index contributed by atoms with van der Waals surface area (Å²) in [5, 5.41) is 14.5. The molecule has 1 saturated carbocycles. The zero-order valence-electron chi connectivity index (χ0n) is 11.4. The third-order valence-electron chi connectivity index (χ3n) is 3.75. The Bertz CT molecular complexity index is 360. The highest BCUT2D eigenvalue weighted by Crippen LogP contribution is 2.28. The van der Waals surface area contributed by atoms with Crippen molar-refractivity contribution in [1.82, 2.24) is 10.3 Å². The molecule has 0 aromatic carbocycles. The van der Waals surface area contributed by atoms with Crippen molar-refractivity contribution in [1.29, 1.82) is 0 Å². The van der Waals surface area contributed by atoms with E-state index >= 15 is 0 Å². The number of hydrogen-bond donors (Lipinski definition) is 2. The van der Waals surface area contributed by atoms with Gasteiger partial charge in [-0.25, -0.2) is 4.98 Å². The Labute approximate surface area is 114 Å². The van der Waals surface area contributed by atoms with Crippen molar-refractivity contribution in [2.75, 3.05) is 6.54 Å². The molecule has 1 aromatic heterocycles. The maximum Gasteiger partial charge on any atom is 0.109 e. The second kappa shape index (κ2) is 6.64. The zero-order chi connectivity index (χ0) is 13.0. The van der Waals surface area contributed by atoms with Gasteiger partial charge in [-0.2, -0.15) is 0 Å². The Kier molecular flexibility index (Phi) is 5.15. The molecule has 2 unspecified atom stereocenters. The molecule has 0 amide bonds. The Balaban J connectivity index is 1.70. The lowest BCUT2D eigenvalue weighted by molar-refractivity contribution is 0.137. The van der Waals surface area contributed by atoms with E-state index in [1.807, 2.05) is 6.20 Å². The van der Waals surface area contributed by atoms with E-state index in [4.69, 9.17) is 0 Å². The van der Waals surface area contributed by atoms with Crippen molar-refractivity contribution in [3.05, 3.63) is 16.1 Å². The van der Waals surface area contributed by atoms with Gasteiger partial charge in [0.15, 0.2) is 0 Å². The van der Waals surface area contributed by atoms with Gasteiger partial charge in [-0.3, -0.25) is 0 Å². The molecule has 1 aromatic rings. The van der Waals surface area contributed by atoms with Crippen LogP contribution in [0.5, 0.6) is 0 Å². The number of hydrogen-bond acceptors (Lipinski definition) is 4. The SMILES string of the molecule is Cc1cnc(C(C)NCC(O)CC2CCCC2)s1. The van der Waals surface area contributed by atoms with E-state index in [9.17, 15) is 5.11 Å². The molecule has 0 bridgehead atoms. The Morgan fingerprint density at radius 3 is 2.83 bits per heavy atom. The molecule has 102 valence electrons. The van der Waals surface area contributed by atoms with E-state index in [1.165, 1.54) is 30.6 Å². The first-order valence-corrected chi connectivity index (χ1v) is 7.80. The molecule has 4 heteroatoms. The molecule has 1 aliphatic carbocycles. The van der Waals surface area contributed by atoms with E-state index in [0.717, 1.165) is 17.3 Å². The first-order valence-electron chi connectivity index (χ1n) is 6.99. The summed E-state index contributed by atoms with van der Waals surface area (Å²) in [6.45, 7) is 4.86. The summed E-state index contributed by atoms with van der Waals surface area (Å²) in [7, 11) is 0. The van der Waals surface area contributed by atoms with Crippen LogP contribution in [0.4, 0.5) is 0 Å². The van der Waals surface area contributed by atoms with Crippen LogP contribution in [0.15, 0.2) is 6.20 Å². The predicted molar refractivity (Wildman–Crippen MR) is 75.9 cm³/mol. The Morgan fingerprint density at radius 2 is 2.22 bits per heavy atom. The van der Waals surface area contributed by atoms with E-state index in [1.54, 1.807) is 11.3 Å². The summed E-state index contributed by atoms with van der Waals surface area (Å²) in [6.07, 6.45) is 7.95. The summed E-state index contributed by atoms with van der Waals surface area (Å²) < 4.78 is 0. The van der Waals surface area contributed by atoms with Gasteiger partial charge in [-0.15, -0.1) is 11.3 Å². The molecule has 0 spiro atoms. The van der Waals surface area contributed by atoms with Crippen molar-refractivity contribution in [3.8, 4) is 0 Å². The lowest BCUT2D eigenvalue weighted by Crippen LogP contribution is -2.30. The van der Waals surface area contributed by atoms with E-state index < -0.39 is 0 Å². The summed E-state index contributed by atoms with van der Waals surface area (Å²) in [5.41, 5.74) is 0. The first-order chi connectivity index (χ1) is 8.65. The highest BCUT2D eigenvalue weighted by Gasteiger charge is 2.19. The number of aliphatic hydroxyl groups excluding tert-OH is 1. The fourth-order valence-corrected chi connectivity index (χ4v) is 3.49. The highest BCUT2D eigenvalue weighted by atomic mass is 32.1. The van der Waals surface area contributed by atoms with Gasteiger partial charge in [-0.1, -0.05) is 25.7 Å². The minimum atomic E-state index is -0.211. The number of thiazole rings is 1. The van der Waals surface area contributed by atoms with E-state index in [2.05, 4.69) is 24.1 Å². The lowest BCUT2D eigenvalue weighted by Gasteiger charge is -2.18. The molecule has 0 radical (unpaired) electrons. The number of aromatic nitrogens is 1. The van der Waals surface area contributed by atoms with Gasteiger partial charge in [0.25, 0.3) is 0 Å². The fourth-order valence-electron chi connectivity index (χ4n) is 2.69. The normalized spacial score (nSPS) is 20.2. The van der Waals surface area contributed by atoms with Crippen LogP contribution < -0.4 is 5.32 Å². The third-order valence-corrected chi connectivity index (χ3v) is 4.84. The number of aliphatic hydroxyl groups is 1. The van der Waals surface area contributed by atoms with Gasteiger partial charge in [0.05, 0.1) is 12.1 Å². The average Bonchev–Trinajstić information content (AvgIpc) is 2.97. The quantitative estimate of drug-likeness (QED) is 0.833. The van der Waals surface area contributed by atoms with Crippen molar-refractivity contribution in [2.24, 2.45) is 5.92 Å². The topological polar surface area (TPSA) is 45.2 Å². The van der Waals surface area contributed by atoms with Gasteiger partial charge < -0.3 is 10.4 Å². The Morgan fingerprint density at radius 1 is 1.50 bits per heavy atom. The predicted octanol–water partition coefficient (Wildman–Crippen LogP) is 3.04. The van der Waals surface area contributed by atoms with Crippen LogP contribution in [0.1, 0.15) is 55.0 Å². The molecule has 2 rings (SSSR count). The molecule has 1 heterocycles. The molecule has 2 N–H and O–H groups in total. The molecule has 18 heavy (non-hydrogen) atoms. The van der Waals surface area contributed by atoms with E-state index in [0.29, 0.717) is 6.54 Å². The standard InChI is InChI=1S/C14H24N2OS/c1-10-8-16-14(18-10)11(2)15-9-13(17)7-12-5-3-4-6-12/h8,11-13,15,17H,3-7,9H2,1-2H3. The van der Waals surface area contributed by atoms with Crippen molar-refractivity contribution >= 4 is 11.3 Å². The number of rotatable bonds is 6. The molecular weight excluding hydrogens is 244 g/mol. The van der Waals surface area contributed by atoms with Gasteiger partial charge in [0.2, 0.25) is 0 Å². The van der Waals surface area contributed by atoms with Crippen molar-refractivity contribution in [2.45, 2.75) is 58.1 Å². The number of nitrogens with zero attached hydrogens (tertiary/aromatic N) is 1. The highest BCUT2D eigenvalue weighted by molar-refractivity contribution is 7.11. The van der Waals surface area contributed by atoms with Crippen molar-refractivity contribution < 1.29 is 5.11 Å². The Hall–Kier alpha value is -0.450. The summed E-state index contributed by atoms with van der Waals surface area (Å²) in [5.74, 6) is 0.749. The summed E-state index contributed by atoms with van der Waals surface area (Å²) in [4.78, 5) is 5.61.